The molecule has 1 saturated heterocycles. The van der Waals surface area contributed by atoms with E-state index in [2.05, 4.69) is 0 Å². The number of carboxylic acid groups (broad SMARTS) is 1. The molecule has 0 saturated carbocycles. The van der Waals surface area contributed by atoms with Gasteiger partial charge in [-0.15, -0.1) is 0 Å². The minimum atomic E-state index is -3.32. The van der Waals surface area contributed by atoms with E-state index in [1.54, 1.807) is 0 Å². The van der Waals surface area contributed by atoms with Crippen molar-refractivity contribution in [3.8, 4) is 0 Å². The standard InChI is InChI=1S/C9H18N2O4S/c10-8-3-1-5-11(7-8)16(14,15)6-2-4-9(12)13/h8H,1-7,10H2,(H,12,13). The van der Waals surface area contributed by atoms with Crippen LogP contribution in [0, 0.1) is 0 Å². The van der Waals surface area contributed by atoms with Crippen molar-refractivity contribution in [3.63, 3.8) is 0 Å². The Morgan fingerprint density at radius 1 is 1.50 bits per heavy atom. The summed E-state index contributed by atoms with van der Waals surface area (Å²) in [5.41, 5.74) is 5.70. The number of nitrogens with zero attached hydrogens (tertiary/aromatic N) is 1. The highest BCUT2D eigenvalue weighted by atomic mass is 32.2. The summed E-state index contributed by atoms with van der Waals surface area (Å²) in [4.78, 5) is 10.3. The molecule has 1 aliphatic heterocycles. The van der Waals surface area contributed by atoms with Crippen molar-refractivity contribution in [1.82, 2.24) is 4.31 Å². The van der Waals surface area contributed by atoms with E-state index in [1.807, 2.05) is 0 Å². The molecular formula is C9H18N2O4S. The summed E-state index contributed by atoms with van der Waals surface area (Å²) in [6.07, 6.45) is 1.67. The second-order valence-corrected chi connectivity index (χ2v) is 6.16. The van der Waals surface area contributed by atoms with E-state index in [4.69, 9.17) is 10.8 Å². The third-order valence-corrected chi connectivity index (χ3v) is 4.53. The molecule has 0 bridgehead atoms. The molecule has 6 nitrogen and oxygen atoms in total. The summed E-state index contributed by atoms with van der Waals surface area (Å²) in [5.74, 6) is -1.07. The van der Waals surface area contributed by atoms with Gasteiger partial charge in [0.25, 0.3) is 0 Å². The zero-order valence-corrected chi connectivity index (χ0v) is 9.95. The first kappa shape index (κ1) is 13.4. The van der Waals surface area contributed by atoms with E-state index in [0.29, 0.717) is 13.1 Å². The van der Waals surface area contributed by atoms with Gasteiger partial charge in [0.05, 0.1) is 5.75 Å². The molecule has 7 heteroatoms. The molecule has 0 radical (unpaired) electrons. The molecule has 1 rings (SSSR count). The van der Waals surface area contributed by atoms with Crippen molar-refractivity contribution in [2.75, 3.05) is 18.8 Å². The van der Waals surface area contributed by atoms with Gasteiger partial charge in [-0.05, 0) is 19.3 Å². The monoisotopic (exact) mass is 250 g/mol. The fourth-order valence-electron chi connectivity index (χ4n) is 1.76. The Balaban J connectivity index is 2.46. The van der Waals surface area contributed by atoms with Gasteiger partial charge in [0.1, 0.15) is 0 Å². The zero-order chi connectivity index (χ0) is 12.2. The van der Waals surface area contributed by atoms with Crippen molar-refractivity contribution < 1.29 is 18.3 Å². The van der Waals surface area contributed by atoms with E-state index in [0.717, 1.165) is 12.8 Å². The van der Waals surface area contributed by atoms with E-state index >= 15 is 0 Å². The molecule has 94 valence electrons. The molecule has 16 heavy (non-hydrogen) atoms. The molecule has 1 fully saturated rings. The predicted octanol–water partition coefficient (Wildman–Crippen LogP) is -0.396. The van der Waals surface area contributed by atoms with E-state index in [-0.39, 0.29) is 24.6 Å². The van der Waals surface area contributed by atoms with Gasteiger partial charge >= 0.3 is 5.97 Å². The number of sulfonamides is 1. The van der Waals surface area contributed by atoms with Gasteiger partial charge < -0.3 is 10.8 Å². The molecular weight excluding hydrogens is 232 g/mol. The minimum Gasteiger partial charge on any atom is -0.481 e. The van der Waals surface area contributed by atoms with Crippen LogP contribution in [0.15, 0.2) is 0 Å². The van der Waals surface area contributed by atoms with Crippen molar-refractivity contribution in [3.05, 3.63) is 0 Å². The summed E-state index contributed by atoms with van der Waals surface area (Å²) in [6, 6.07) is -0.0944. The first-order valence-corrected chi connectivity index (χ1v) is 6.98. The second kappa shape index (κ2) is 5.60. The molecule has 0 aliphatic carbocycles. The SMILES string of the molecule is NC1CCCN(S(=O)(=O)CCCC(=O)O)C1. The molecule has 0 spiro atoms. The quantitative estimate of drug-likeness (QED) is 0.691. The van der Waals surface area contributed by atoms with Crippen LogP contribution in [0.1, 0.15) is 25.7 Å². The molecule has 1 unspecified atom stereocenters. The number of aliphatic carboxylic acids is 1. The number of rotatable bonds is 5. The van der Waals surface area contributed by atoms with Crippen LogP contribution in [-0.2, 0) is 14.8 Å². The van der Waals surface area contributed by atoms with Gasteiger partial charge in [-0.25, -0.2) is 12.7 Å². The van der Waals surface area contributed by atoms with Crippen molar-refractivity contribution >= 4 is 16.0 Å². The van der Waals surface area contributed by atoms with Crippen LogP contribution in [0.2, 0.25) is 0 Å². The van der Waals surface area contributed by atoms with Gasteiger partial charge in [-0.1, -0.05) is 0 Å². The van der Waals surface area contributed by atoms with Gasteiger partial charge in [0.2, 0.25) is 10.0 Å². The maximum absolute atomic E-state index is 11.8. The Morgan fingerprint density at radius 3 is 2.75 bits per heavy atom. The average Bonchev–Trinajstić information content (AvgIpc) is 2.16. The summed E-state index contributed by atoms with van der Waals surface area (Å²) in [6.45, 7) is 0.860. The number of piperidine rings is 1. The Labute approximate surface area is 95.5 Å². The Bertz CT molecular complexity index is 341. The summed E-state index contributed by atoms with van der Waals surface area (Å²) >= 11 is 0. The number of carboxylic acids is 1. The van der Waals surface area contributed by atoms with Gasteiger partial charge in [0, 0.05) is 25.6 Å². The van der Waals surface area contributed by atoms with E-state index in [1.165, 1.54) is 4.31 Å². The fraction of sp³-hybridized carbons (Fsp3) is 0.889. The second-order valence-electron chi connectivity index (χ2n) is 4.07. The minimum absolute atomic E-state index is 0.0944. The van der Waals surface area contributed by atoms with Crippen molar-refractivity contribution in [2.24, 2.45) is 5.73 Å². The molecule has 1 heterocycles. The first-order valence-electron chi connectivity index (χ1n) is 5.37. The van der Waals surface area contributed by atoms with Crippen LogP contribution in [0.5, 0.6) is 0 Å². The molecule has 1 atom stereocenters. The van der Waals surface area contributed by atoms with Crippen LogP contribution in [0.25, 0.3) is 0 Å². The lowest BCUT2D eigenvalue weighted by atomic mass is 10.1. The number of hydrogen-bond acceptors (Lipinski definition) is 4. The lowest BCUT2D eigenvalue weighted by molar-refractivity contribution is -0.137. The Hall–Kier alpha value is -0.660. The third kappa shape index (κ3) is 4.07. The molecule has 0 aromatic rings. The van der Waals surface area contributed by atoms with Crippen LogP contribution in [0.3, 0.4) is 0 Å². The highest BCUT2D eigenvalue weighted by Crippen LogP contribution is 2.14. The molecule has 0 aromatic heterocycles. The summed E-state index contributed by atoms with van der Waals surface area (Å²) in [7, 11) is -3.32. The Kier molecular flexibility index (Phi) is 4.69. The molecule has 3 N–H and O–H groups in total. The highest BCUT2D eigenvalue weighted by molar-refractivity contribution is 7.89. The number of carbonyl (C=O) groups is 1. The number of hydrogen-bond donors (Lipinski definition) is 2. The normalized spacial score (nSPS) is 23.2. The maximum atomic E-state index is 11.8. The smallest absolute Gasteiger partial charge is 0.303 e. The zero-order valence-electron chi connectivity index (χ0n) is 9.13. The largest absolute Gasteiger partial charge is 0.481 e. The van der Waals surface area contributed by atoms with Crippen LogP contribution in [-0.4, -0.2) is 48.7 Å². The Morgan fingerprint density at radius 2 is 2.19 bits per heavy atom. The van der Waals surface area contributed by atoms with Crippen LogP contribution in [0.4, 0.5) is 0 Å². The lowest BCUT2D eigenvalue weighted by Gasteiger charge is -2.29. The van der Waals surface area contributed by atoms with E-state index in [9.17, 15) is 13.2 Å². The third-order valence-electron chi connectivity index (χ3n) is 2.61. The maximum Gasteiger partial charge on any atom is 0.303 e. The first-order chi connectivity index (χ1) is 7.42. The van der Waals surface area contributed by atoms with Gasteiger partial charge in [-0.3, -0.25) is 4.79 Å². The summed E-state index contributed by atoms with van der Waals surface area (Å²) in [5, 5.41) is 8.43. The van der Waals surface area contributed by atoms with Gasteiger partial charge in [-0.2, -0.15) is 0 Å². The fourth-order valence-corrected chi connectivity index (χ4v) is 3.35. The predicted molar refractivity (Wildman–Crippen MR) is 59.4 cm³/mol. The van der Waals surface area contributed by atoms with Crippen molar-refractivity contribution in [2.45, 2.75) is 31.7 Å². The molecule has 0 aromatic carbocycles. The molecule has 1 aliphatic rings. The van der Waals surface area contributed by atoms with Crippen LogP contribution >= 0.6 is 0 Å². The molecule has 0 amide bonds. The highest BCUT2D eigenvalue weighted by Gasteiger charge is 2.26. The van der Waals surface area contributed by atoms with Crippen molar-refractivity contribution in [1.29, 1.82) is 0 Å². The van der Waals surface area contributed by atoms with Gasteiger partial charge in [0.15, 0.2) is 0 Å². The summed E-state index contributed by atoms with van der Waals surface area (Å²) < 4.78 is 25.0. The average molecular weight is 250 g/mol. The van der Waals surface area contributed by atoms with Crippen LogP contribution < -0.4 is 5.73 Å². The topological polar surface area (TPSA) is 101 Å². The van der Waals surface area contributed by atoms with E-state index < -0.39 is 16.0 Å². The lowest BCUT2D eigenvalue weighted by Crippen LogP contribution is -2.46. The number of nitrogens with two attached hydrogens (primary N) is 1.